The molecule has 1 aromatic carbocycles. The fourth-order valence-electron chi connectivity index (χ4n) is 3.27. The van der Waals surface area contributed by atoms with E-state index in [9.17, 15) is 19.5 Å². The van der Waals surface area contributed by atoms with Crippen LogP contribution in [-0.2, 0) is 4.79 Å². The molecule has 152 valence electrons. The number of phenolic OH excluding ortho intramolecular Hbond substituents is 1. The molecule has 1 aromatic heterocycles. The van der Waals surface area contributed by atoms with Crippen molar-refractivity contribution in [2.75, 3.05) is 26.2 Å². The molecule has 1 unspecified atom stereocenters. The number of rotatable bonds is 6. The fraction of sp³-hybridized carbons (Fsp3) is 0.333. The van der Waals surface area contributed by atoms with E-state index in [1.54, 1.807) is 29.4 Å². The van der Waals surface area contributed by atoms with Crippen molar-refractivity contribution in [3.63, 3.8) is 0 Å². The van der Waals surface area contributed by atoms with Crippen LogP contribution in [0.25, 0.3) is 0 Å². The molecule has 0 aliphatic carbocycles. The largest absolute Gasteiger partial charge is 0.508 e. The first-order chi connectivity index (χ1) is 14.0. The molecule has 1 saturated heterocycles. The van der Waals surface area contributed by atoms with E-state index in [1.165, 1.54) is 24.3 Å². The van der Waals surface area contributed by atoms with Crippen molar-refractivity contribution in [3.8, 4) is 5.75 Å². The number of carbonyl (C=O) groups is 3. The predicted octanol–water partition coefficient (Wildman–Crippen LogP) is 1.19. The Morgan fingerprint density at radius 3 is 2.41 bits per heavy atom. The van der Waals surface area contributed by atoms with Crippen molar-refractivity contribution < 1.29 is 19.5 Å². The number of piperidine rings is 1. The molecule has 0 saturated carbocycles. The number of aromatic nitrogens is 1. The lowest BCUT2D eigenvalue weighted by Crippen LogP contribution is -2.46. The summed E-state index contributed by atoms with van der Waals surface area (Å²) in [5.74, 6) is -0.645. The van der Waals surface area contributed by atoms with Crippen molar-refractivity contribution in [1.82, 2.24) is 20.5 Å². The zero-order valence-corrected chi connectivity index (χ0v) is 16.0. The molecule has 2 heterocycles. The van der Waals surface area contributed by atoms with Crippen LogP contribution in [0.2, 0.25) is 0 Å². The van der Waals surface area contributed by atoms with Gasteiger partial charge in [0, 0.05) is 49.7 Å². The molecule has 0 bridgehead atoms. The molecular formula is C21H24N4O4. The van der Waals surface area contributed by atoms with Gasteiger partial charge in [0.05, 0.1) is 5.92 Å². The van der Waals surface area contributed by atoms with Crippen LogP contribution >= 0.6 is 0 Å². The molecule has 0 radical (unpaired) electrons. The summed E-state index contributed by atoms with van der Waals surface area (Å²) in [7, 11) is 0. The summed E-state index contributed by atoms with van der Waals surface area (Å²) in [6.07, 6.45) is 4.65. The summed E-state index contributed by atoms with van der Waals surface area (Å²) in [4.78, 5) is 42.6. The maximum atomic E-state index is 12.6. The maximum Gasteiger partial charge on any atom is 0.253 e. The Balaban J connectivity index is 1.42. The fourth-order valence-corrected chi connectivity index (χ4v) is 3.27. The van der Waals surface area contributed by atoms with E-state index in [2.05, 4.69) is 15.6 Å². The summed E-state index contributed by atoms with van der Waals surface area (Å²) in [6, 6.07) is 9.28. The Bertz CT molecular complexity index is 855. The van der Waals surface area contributed by atoms with Gasteiger partial charge in [-0.25, -0.2) is 0 Å². The second-order valence-electron chi connectivity index (χ2n) is 6.92. The normalized spacial score (nSPS) is 16.1. The number of likely N-dealkylation sites (tertiary alicyclic amines) is 1. The van der Waals surface area contributed by atoms with Crippen LogP contribution in [0.4, 0.5) is 0 Å². The van der Waals surface area contributed by atoms with Gasteiger partial charge >= 0.3 is 0 Å². The number of aromatic hydroxyl groups is 1. The Morgan fingerprint density at radius 2 is 1.69 bits per heavy atom. The molecule has 1 aliphatic rings. The highest BCUT2D eigenvalue weighted by molar-refractivity contribution is 5.95. The van der Waals surface area contributed by atoms with E-state index in [1.807, 2.05) is 0 Å². The Kier molecular flexibility index (Phi) is 6.78. The highest BCUT2D eigenvalue weighted by Gasteiger charge is 2.28. The highest BCUT2D eigenvalue weighted by atomic mass is 16.3. The first-order valence-electron chi connectivity index (χ1n) is 9.59. The SMILES string of the molecule is O=C(NCCNC(=O)C1CCCN(C(=O)c2ccncc2)C1)c1ccc(O)cc1. The highest BCUT2D eigenvalue weighted by Crippen LogP contribution is 2.18. The topological polar surface area (TPSA) is 112 Å². The van der Waals surface area contributed by atoms with Gasteiger partial charge in [0.25, 0.3) is 11.8 Å². The minimum absolute atomic E-state index is 0.0916. The van der Waals surface area contributed by atoms with E-state index in [0.29, 0.717) is 30.8 Å². The molecule has 2 aromatic rings. The van der Waals surface area contributed by atoms with E-state index in [-0.39, 0.29) is 35.9 Å². The van der Waals surface area contributed by atoms with Crippen molar-refractivity contribution in [2.45, 2.75) is 12.8 Å². The average Bonchev–Trinajstić information content (AvgIpc) is 2.77. The molecule has 29 heavy (non-hydrogen) atoms. The summed E-state index contributed by atoms with van der Waals surface area (Å²) >= 11 is 0. The number of phenols is 1. The summed E-state index contributed by atoms with van der Waals surface area (Å²) < 4.78 is 0. The number of amides is 3. The van der Waals surface area contributed by atoms with Gasteiger partial charge in [0.15, 0.2) is 0 Å². The van der Waals surface area contributed by atoms with Gasteiger partial charge in [0.1, 0.15) is 5.75 Å². The summed E-state index contributed by atoms with van der Waals surface area (Å²) in [5, 5.41) is 14.8. The molecular weight excluding hydrogens is 372 g/mol. The van der Waals surface area contributed by atoms with Gasteiger partial charge in [-0.15, -0.1) is 0 Å². The van der Waals surface area contributed by atoms with Crippen LogP contribution in [-0.4, -0.2) is 58.9 Å². The predicted molar refractivity (Wildman–Crippen MR) is 106 cm³/mol. The van der Waals surface area contributed by atoms with Crippen molar-refractivity contribution in [1.29, 1.82) is 0 Å². The monoisotopic (exact) mass is 396 g/mol. The number of hydrogen-bond donors (Lipinski definition) is 3. The standard InChI is InChI=1S/C21H24N4O4/c26-18-5-3-15(4-6-18)19(27)23-11-12-24-20(28)17-2-1-13-25(14-17)21(29)16-7-9-22-10-8-16/h3-10,17,26H,1-2,11-14H2,(H,23,27)(H,24,28). The number of pyridine rings is 1. The van der Waals surface area contributed by atoms with Crippen molar-refractivity contribution >= 4 is 17.7 Å². The van der Waals surface area contributed by atoms with Crippen molar-refractivity contribution in [3.05, 3.63) is 59.9 Å². The molecule has 3 N–H and O–H groups in total. The zero-order chi connectivity index (χ0) is 20.6. The van der Waals surface area contributed by atoms with Gasteiger partial charge < -0.3 is 20.6 Å². The van der Waals surface area contributed by atoms with Crippen LogP contribution in [0, 0.1) is 5.92 Å². The number of nitrogens with one attached hydrogen (secondary N) is 2. The molecule has 1 atom stereocenters. The Labute approximate surface area is 168 Å². The zero-order valence-electron chi connectivity index (χ0n) is 16.0. The lowest BCUT2D eigenvalue weighted by Gasteiger charge is -2.32. The average molecular weight is 396 g/mol. The van der Waals surface area contributed by atoms with Crippen LogP contribution in [0.5, 0.6) is 5.75 Å². The maximum absolute atomic E-state index is 12.6. The molecule has 1 aliphatic heterocycles. The molecule has 3 rings (SSSR count). The second kappa shape index (κ2) is 9.68. The first-order valence-corrected chi connectivity index (χ1v) is 9.59. The van der Waals surface area contributed by atoms with Crippen molar-refractivity contribution in [2.24, 2.45) is 5.92 Å². The van der Waals surface area contributed by atoms with E-state index < -0.39 is 0 Å². The number of carbonyl (C=O) groups excluding carboxylic acids is 3. The molecule has 1 fully saturated rings. The van der Waals surface area contributed by atoms with Crippen LogP contribution in [0.3, 0.4) is 0 Å². The Hall–Kier alpha value is -3.42. The van der Waals surface area contributed by atoms with Gasteiger partial charge in [-0.05, 0) is 49.2 Å². The van der Waals surface area contributed by atoms with E-state index in [0.717, 1.165) is 12.8 Å². The third-order valence-corrected chi connectivity index (χ3v) is 4.85. The lowest BCUT2D eigenvalue weighted by molar-refractivity contribution is -0.126. The third-order valence-electron chi connectivity index (χ3n) is 4.85. The summed E-state index contributed by atoms with van der Waals surface area (Å²) in [6.45, 7) is 1.61. The number of hydrogen-bond acceptors (Lipinski definition) is 5. The van der Waals surface area contributed by atoms with Crippen LogP contribution in [0.1, 0.15) is 33.6 Å². The molecule has 8 nitrogen and oxygen atoms in total. The first kappa shape index (κ1) is 20.3. The van der Waals surface area contributed by atoms with Crippen LogP contribution in [0.15, 0.2) is 48.8 Å². The third kappa shape index (κ3) is 5.54. The minimum atomic E-state index is -0.272. The quantitative estimate of drug-likeness (QED) is 0.635. The number of nitrogens with zero attached hydrogens (tertiary/aromatic N) is 2. The van der Waals surface area contributed by atoms with Gasteiger partial charge in [-0.1, -0.05) is 0 Å². The van der Waals surface area contributed by atoms with E-state index in [4.69, 9.17) is 0 Å². The molecule has 8 heteroatoms. The molecule has 3 amide bonds. The Morgan fingerprint density at radius 1 is 1.00 bits per heavy atom. The van der Waals surface area contributed by atoms with Gasteiger partial charge in [-0.3, -0.25) is 19.4 Å². The van der Waals surface area contributed by atoms with E-state index >= 15 is 0 Å². The van der Waals surface area contributed by atoms with Gasteiger partial charge in [-0.2, -0.15) is 0 Å². The second-order valence-corrected chi connectivity index (χ2v) is 6.92. The van der Waals surface area contributed by atoms with Crippen LogP contribution < -0.4 is 10.6 Å². The smallest absolute Gasteiger partial charge is 0.253 e. The lowest BCUT2D eigenvalue weighted by atomic mass is 9.96. The molecule has 0 spiro atoms. The minimum Gasteiger partial charge on any atom is -0.508 e. The summed E-state index contributed by atoms with van der Waals surface area (Å²) in [5.41, 5.74) is 1.00. The number of benzene rings is 1. The van der Waals surface area contributed by atoms with Gasteiger partial charge in [0.2, 0.25) is 5.91 Å².